The first-order valence-corrected chi connectivity index (χ1v) is 4.65. The van der Waals surface area contributed by atoms with Gasteiger partial charge in [0, 0.05) is 26.2 Å². The van der Waals surface area contributed by atoms with Gasteiger partial charge in [-0.1, -0.05) is 6.92 Å². The van der Waals surface area contributed by atoms with Crippen LogP contribution in [0.3, 0.4) is 0 Å². The Labute approximate surface area is 78.5 Å². The van der Waals surface area contributed by atoms with E-state index in [2.05, 4.69) is 6.92 Å². The van der Waals surface area contributed by atoms with Gasteiger partial charge in [0.1, 0.15) is 0 Å². The van der Waals surface area contributed by atoms with Crippen molar-refractivity contribution in [2.24, 2.45) is 5.92 Å². The summed E-state index contributed by atoms with van der Waals surface area (Å²) in [5.74, 6) is 0.741. The molecule has 2 heterocycles. The Hall–Kier alpha value is -1.06. The normalized spacial score (nSPS) is 20.7. The van der Waals surface area contributed by atoms with Crippen LogP contribution in [0.5, 0.6) is 0 Å². The maximum absolute atomic E-state index is 9.86. The van der Waals surface area contributed by atoms with E-state index in [4.69, 9.17) is 0 Å². The van der Waals surface area contributed by atoms with Crippen molar-refractivity contribution in [2.45, 2.75) is 13.3 Å². The molecule has 0 aromatic rings. The third-order valence-corrected chi connectivity index (χ3v) is 2.28. The maximum atomic E-state index is 9.86. The zero-order chi connectivity index (χ0) is 9.68. The molecule has 0 saturated carbocycles. The molecule has 0 N–H and O–H groups in total. The van der Waals surface area contributed by atoms with Gasteiger partial charge in [-0.2, -0.15) is 0 Å². The number of hydrogen-bond acceptors (Lipinski definition) is 2. The number of nitrogens with zero attached hydrogens (tertiary/aromatic N) is 2. The highest BCUT2D eigenvalue weighted by molar-refractivity contribution is 5.48. The standard InChI is InChI=1S/C5H9NO.C4H7NO/c1-5-2-6(3-5)4-7;6-4-5-2-1-3-5/h4-5H,2-3H2,1H3;4H,1-3H2. The third kappa shape index (κ3) is 3.05. The van der Waals surface area contributed by atoms with Crippen LogP contribution in [0.25, 0.3) is 0 Å². The lowest BCUT2D eigenvalue weighted by Gasteiger charge is -2.33. The van der Waals surface area contributed by atoms with E-state index in [0.717, 1.165) is 44.9 Å². The Bertz CT molecular complexity index is 174. The van der Waals surface area contributed by atoms with E-state index in [1.165, 1.54) is 6.42 Å². The van der Waals surface area contributed by atoms with Gasteiger partial charge in [0.15, 0.2) is 0 Å². The minimum atomic E-state index is 0.741. The van der Waals surface area contributed by atoms with Crippen LogP contribution in [0.1, 0.15) is 13.3 Å². The van der Waals surface area contributed by atoms with Gasteiger partial charge in [0.2, 0.25) is 12.8 Å². The molecule has 4 heteroatoms. The highest BCUT2D eigenvalue weighted by atomic mass is 16.1. The van der Waals surface area contributed by atoms with Crippen molar-refractivity contribution in [3.8, 4) is 0 Å². The molecule has 0 unspecified atom stereocenters. The van der Waals surface area contributed by atoms with E-state index in [1.54, 1.807) is 9.80 Å². The molecule has 0 radical (unpaired) electrons. The quantitative estimate of drug-likeness (QED) is 0.564. The van der Waals surface area contributed by atoms with Gasteiger partial charge in [-0.25, -0.2) is 0 Å². The lowest BCUT2D eigenvalue weighted by atomic mass is 10.1. The second-order valence-electron chi connectivity index (χ2n) is 3.66. The monoisotopic (exact) mass is 184 g/mol. The Morgan fingerprint density at radius 1 is 1.08 bits per heavy atom. The molecule has 4 nitrogen and oxygen atoms in total. The van der Waals surface area contributed by atoms with Crippen molar-refractivity contribution < 1.29 is 9.59 Å². The summed E-state index contributed by atoms with van der Waals surface area (Å²) < 4.78 is 0. The van der Waals surface area contributed by atoms with Crippen LogP contribution >= 0.6 is 0 Å². The number of amides is 2. The first-order chi connectivity index (χ1) is 6.26. The largest absolute Gasteiger partial charge is 0.345 e. The molecule has 0 aromatic carbocycles. The van der Waals surface area contributed by atoms with Crippen LogP contribution in [0.2, 0.25) is 0 Å². The van der Waals surface area contributed by atoms with Crippen LogP contribution in [0, 0.1) is 5.92 Å². The van der Waals surface area contributed by atoms with E-state index in [0.29, 0.717) is 0 Å². The van der Waals surface area contributed by atoms with Gasteiger partial charge in [0.05, 0.1) is 0 Å². The first kappa shape index (κ1) is 10.0. The number of carbonyl (C=O) groups excluding carboxylic acids is 2. The van der Waals surface area contributed by atoms with Crippen molar-refractivity contribution in [1.29, 1.82) is 0 Å². The van der Waals surface area contributed by atoms with Gasteiger partial charge in [-0.3, -0.25) is 9.59 Å². The second kappa shape index (κ2) is 4.84. The highest BCUT2D eigenvalue weighted by Crippen LogP contribution is 2.09. The van der Waals surface area contributed by atoms with Crippen molar-refractivity contribution in [3.05, 3.63) is 0 Å². The van der Waals surface area contributed by atoms with Crippen molar-refractivity contribution in [1.82, 2.24) is 9.80 Å². The number of likely N-dealkylation sites (tertiary alicyclic amines) is 2. The molecule has 74 valence electrons. The van der Waals surface area contributed by atoms with E-state index < -0.39 is 0 Å². The number of hydrogen-bond donors (Lipinski definition) is 0. The minimum absolute atomic E-state index is 0.741. The second-order valence-corrected chi connectivity index (χ2v) is 3.66. The Morgan fingerprint density at radius 2 is 1.62 bits per heavy atom. The molecule has 2 rings (SSSR count). The molecular weight excluding hydrogens is 168 g/mol. The van der Waals surface area contributed by atoms with Crippen LogP contribution in [0.4, 0.5) is 0 Å². The summed E-state index contributed by atoms with van der Waals surface area (Å²) in [5, 5.41) is 0. The molecular formula is C9H16N2O2. The Balaban J connectivity index is 0.000000132. The summed E-state index contributed by atoms with van der Waals surface area (Å²) in [7, 11) is 0. The first-order valence-electron chi connectivity index (χ1n) is 4.65. The summed E-state index contributed by atoms with van der Waals surface area (Å²) in [4.78, 5) is 23.1. The van der Waals surface area contributed by atoms with E-state index >= 15 is 0 Å². The van der Waals surface area contributed by atoms with Crippen molar-refractivity contribution in [2.75, 3.05) is 26.2 Å². The molecule has 2 aliphatic heterocycles. The fourth-order valence-electron chi connectivity index (χ4n) is 1.28. The molecule has 2 fully saturated rings. The van der Waals surface area contributed by atoms with Gasteiger partial charge in [0.25, 0.3) is 0 Å². The summed E-state index contributed by atoms with van der Waals surface area (Å²) in [6.45, 7) is 6.01. The van der Waals surface area contributed by atoms with Gasteiger partial charge in [-0.15, -0.1) is 0 Å². The summed E-state index contributed by atoms with van der Waals surface area (Å²) in [6, 6.07) is 0. The summed E-state index contributed by atoms with van der Waals surface area (Å²) in [5.41, 5.74) is 0. The third-order valence-electron chi connectivity index (χ3n) is 2.28. The zero-order valence-corrected chi connectivity index (χ0v) is 7.98. The molecule has 0 aliphatic carbocycles. The molecule has 13 heavy (non-hydrogen) atoms. The summed E-state index contributed by atoms with van der Waals surface area (Å²) in [6.07, 6.45) is 2.99. The zero-order valence-electron chi connectivity index (χ0n) is 7.98. The number of carbonyl (C=O) groups is 2. The van der Waals surface area contributed by atoms with E-state index in [-0.39, 0.29) is 0 Å². The molecule has 0 aromatic heterocycles. The van der Waals surface area contributed by atoms with Crippen LogP contribution in [-0.4, -0.2) is 48.8 Å². The maximum Gasteiger partial charge on any atom is 0.209 e. The van der Waals surface area contributed by atoms with Crippen LogP contribution in [0.15, 0.2) is 0 Å². The summed E-state index contributed by atoms with van der Waals surface area (Å²) >= 11 is 0. The SMILES string of the molecule is CC1CN(C=O)C1.O=CN1CCC1. The molecule has 2 saturated heterocycles. The van der Waals surface area contributed by atoms with Crippen LogP contribution < -0.4 is 0 Å². The van der Waals surface area contributed by atoms with Crippen LogP contribution in [-0.2, 0) is 9.59 Å². The van der Waals surface area contributed by atoms with Gasteiger partial charge < -0.3 is 9.80 Å². The van der Waals surface area contributed by atoms with Crippen molar-refractivity contribution in [3.63, 3.8) is 0 Å². The van der Waals surface area contributed by atoms with E-state index in [1.807, 2.05) is 0 Å². The van der Waals surface area contributed by atoms with Gasteiger partial charge >= 0.3 is 0 Å². The Morgan fingerprint density at radius 3 is 1.69 bits per heavy atom. The Kier molecular flexibility index (Phi) is 3.73. The smallest absolute Gasteiger partial charge is 0.209 e. The van der Waals surface area contributed by atoms with Crippen molar-refractivity contribution >= 4 is 12.8 Å². The molecule has 0 bridgehead atoms. The average Bonchev–Trinajstić information content (AvgIpc) is 1.98. The molecule has 2 aliphatic rings. The fourth-order valence-corrected chi connectivity index (χ4v) is 1.28. The average molecular weight is 184 g/mol. The predicted molar refractivity (Wildman–Crippen MR) is 49.1 cm³/mol. The molecule has 0 atom stereocenters. The molecule has 0 spiro atoms. The predicted octanol–water partition coefficient (Wildman–Crippen LogP) is -0.0570. The lowest BCUT2D eigenvalue weighted by molar-refractivity contribution is -0.123. The van der Waals surface area contributed by atoms with Gasteiger partial charge in [-0.05, 0) is 12.3 Å². The highest BCUT2D eigenvalue weighted by Gasteiger charge is 2.19. The topological polar surface area (TPSA) is 40.6 Å². The van der Waals surface area contributed by atoms with E-state index in [9.17, 15) is 9.59 Å². The minimum Gasteiger partial charge on any atom is -0.345 e. The molecule has 2 amide bonds. The lowest BCUT2D eigenvalue weighted by Crippen LogP contribution is -2.43. The number of rotatable bonds is 2. The fraction of sp³-hybridized carbons (Fsp3) is 0.778.